The van der Waals surface area contributed by atoms with Crippen molar-refractivity contribution < 1.29 is 13.2 Å². The normalized spacial score (nSPS) is 16.6. The van der Waals surface area contributed by atoms with Crippen molar-refractivity contribution in [3.05, 3.63) is 59.1 Å². The summed E-state index contributed by atoms with van der Waals surface area (Å²) in [6, 6.07) is 13.4. The van der Waals surface area contributed by atoms with Crippen LogP contribution in [0.5, 0.6) is 0 Å². The Kier molecular flexibility index (Phi) is 4.89. The third-order valence-electron chi connectivity index (χ3n) is 4.82. The molecule has 1 saturated carbocycles. The van der Waals surface area contributed by atoms with Crippen molar-refractivity contribution in [1.29, 1.82) is 0 Å². The van der Waals surface area contributed by atoms with E-state index in [9.17, 15) is 13.2 Å². The zero-order chi connectivity index (χ0) is 18.1. The summed E-state index contributed by atoms with van der Waals surface area (Å²) in [6.07, 6.45) is 2.09. The SMILES string of the molecule is Cc1ccc(NC(=O)C2(S(=O)(=O)c3ccccc3)CCCC2)cc1Cl. The quantitative estimate of drug-likeness (QED) is 0.860. The molecule has 0 bridgehead atoms. The fourth-order valence-electron chi connectivity index (χ4n) is 3.30. The first-order chi connectivity index (χ1) is 11.9. The zero-order valence-electron chi connectivity index (χ0n) is 14.0. The van der Waals surface area contributed by atoms with E-state index >= 15 is 0 Å². The average Bonchev–Trinajstić information content (AvgIpc) is 3.11. The maximum Gasteiger partial charge on any atom is 0.246 e. The number of rotatable bonds is 4. The molecule has 2 aromatic carbocycles. The van der Waals surface area contributed by atoms with E-state index in [4.69, 9.17) is 11.6 Å². The second-order valence-electron chi connectivity index (χ2n) is 6.44. The number of nitrogens with one attached hydrogen (secondary N) is 1. The van der Waals surface area contributed by atoms with Crippen molar-refractivity contribution in [2.75, 3.05) is 5.32 Å². The highest BCUT2D eigenvalue weighted by Crippen LogP contribution is 2.41. The second kappa shape index (κ2) is 6.81. The van der Waals surface area contributed by atoms with E-state index in [1.54, 1.807) is 48.5 Å². The highest BCUT2D eigenvalue weighted by Gasteiger charge is 2.52. The van der Waals surface area contributed by atoms with Crippen LogP contribution in [0.4, 0.5) is 5.69 Å². The van der Waals surface area contributed by atoms with Crippen LogP contribution in [0.15, 0.2) is 53.4 Å². The summed E-state index contributed by atoms with van der Waals surface area (Å²) in [5.41, 5.74) is 1.40. The molecule has 132 valence electrons. The molecule has 1 amide bonds. The summed E-state index contributed by atoms with van der Waals surface area (Å²) in [6.45, 7) is 1.87. The molecule has 2 aromatic rings. The number of amides is 1. The summed E-state index contributed by atoms with van der Waals surface area (Å²) < 4.78 is 25.0. The first kappa shape index (κ1) is 18.0. The Hall–Kier alpha value is -1.85. The molecule has 1 aliphatic carbocycles. The predicted octanol–water partition coefficient (Wildman–Crippen LogP) is 4.37. The maximum absolute atomic E-state index is 13.2. The fourth-order valence-corrected chi connectivity index (χ4v) is 5.57. The van der Waals surface area contributed by atoms with Gasteiger partial charge in [0.05, 0.1) is 4.90 Å². The Morgan fingerprint density at radius 3 is 2.32 bits per heavy atom. The third-order valence-corrected chi connectivity index (χ3v) is 7.75. The number of benzene rings is 2. The van der Waals surface area contributed by atoms with E-state index in [-0.39, 0.29) is 4.90 Å². The number of sulfone groups is 1. The van der Waals surface area contributed by atoms with Gasteiger partial charge >= 0.3 is 0 Å². The van der Waals surface area contributed by atoms with E-state index in [2.05, 4.69) is 5.32 Å². The summed E-state index contributed by atoms with van der Waals surface area (Å²) in [7, 11) is -3.78. The van der Waals surface area contributed by atoms with Crippen LogP contribution in [0, 0.1) is 6.92 Å². The third kappa shape index (κ3) is 3.18. The van der Waals surface area contributed by atoms with Gasteiger partial charge in [0.25, 0.3) is 0 Å². The van der Waals surface area contributed by atoms with Crippen LogP contribution in [-0.4, -0.2) is 19.1 Å². The molecule has 3 rings (SSSR count). The van der Waals surface area contributed by atoms with Gasteiger partial charge in [-0.3, -0.25) is 4.79 Å². The van der Waals surface area contributed by atoms with Crippen LogP contribution in [0.3, 0.4) is 0 Å². The molecule has 1 aliphatic rings. The number of hydrogen-bond donors (Lipinski definition) is 1. The Morgan fingerprint density at radius 2 is 1.72 bits per heavy atom. The van der Waals surface area contributed by atoms with Crippen molar-refractivity contribution in [1.82, 2.24) is 0 Å². The summed E-state index contributed by atoms with van der Waals surface area (Å²) >= 11 is 6.11. The van der Waals surface area contributed by atoms with Gasteiger partial charge in [0, 0.05) is 10.7 Å². The standard InChI is InChI=1S/C19H20ClNO3S/c1-14-9-10-15(13-17(14)20)21-18(22)19(11-5-6-12-19)25(23,24)16-7-3-2-4-8-16/h2-4,7-10,13H,5-6,11-12H2,1H3,(H,21,22). The van der Waals surface area contributed by atoms with Crippen molar-refractivity contribution in [2.45, 2.75) is 42.2 Å². The minimum Gasteiger partial charge on any atom is -0.325 e. The molecule has 0 aliphatic heterocycles. The predicted molar refractivity (Wildman–Crippen MR) is 99.6 cm³/mol. The van der Waals surface area contributed by atoms with Gasteiger partial charge < -0.3 is 5.32 Å². The lowest BCUT2D eigenvalue weighted by Crippen LogP contribution is -2.47. The fraction of sp³-hybridized carbons (Fsp3) is 0.316. The van der Waals surface area contributed by atoms with Crippen molar-refractivity contribution >= 4 is 33.0 Å². The number of carbonyl (C=O) groups excluding carboxylic acids is 1. The van der Waals surface area contributed by atoms with Crippen molar-refractivity contribution in [3.8, 4) is 0 Å². The van der Waals surface area contributed by atoms with Gasteiger partial charge in [-0.1, -0.05) is 48.7 Å². The highest BCUT2D eigenvalue weighted by molar-refractivity contribution is 7.93. The maximum atomic E-state index is 13.2. The molecule has 0 atom stereocenters. The van der Waals surface area contributed by atoms with Gasteiger partial charge in [-0.25, -0.2) is 8.42 Å². The Morgan fingerprint density at radius 1 is 1.08 bits per heavy atom. The number of halogens is 1. The molecule has 25 heavy (non-hydrogen) atoms. The molecule has 0 radical (unpaired) electrons. The lowest BCUT2D eigenvalue weighted by Gasteiger charge is -2.27. The van der Waals surface area contributed by atoms with E-state index in [1.165, 1.54) is 0 Å². The molecule has 4 nitrogen and oxygen atoms in total. The van der Waals surface area contributed by atoms with Gasteiger partial charge in [-0.2, -0.15) is 0 Å². The van der Waals surface area contributed by atoms with Crippen molar-refractivity contribution in [3.63, 3.8) is 0 Å². The molecular weight excluding hydrogens is 358 g/mol. The summed E-state index contributed by atoms with van der Waals surface area (Å²) in [5, 5.41) is 3.30. The van der Waals surface area contributed by atoms with Gasteiger partial charge in [0.2, 0.25) is 5.91 Å². The molecule has 0 spiro atoms. The summed E-state index contributed by atoms with van der Waals surface area (Å²) in [4.78, 5) is 13.2. The Bertz CT molecular complexity index is 888. The monoisotopic (exact) mass is 377 g/mol. The van der Waals surface area contributed by atoms with Crippen LogP contribution in [0.2, 0.25) is 5.02 Å². The first-order valence-electron chi connectivity index (χ1n) is 8.24. The number of aryl methyl sites for hydroxylation is 1. The highest BCUT2D eigenvalue weighted by atomic mass is 35.5. The van der Waals surface area contributed by atoms with Gasteiger partial charge in [-0.15, -0.1) is 0 Å². The van der Waals surface area contributed by atoms with Crippen LogP contribution in [0.1, 0.15) is 31.2 Å². The summed E-state index contributed by atoms with van der Waals surface area (Å²) in [5.74, 6) is -0.478. The molecule has 0 saturated heterocycles. The lowest BCUT2D eigenvalue weighted by molar-refractivity contribution is -0.118. The van der Waals surface area contributed by atoms with E-state index in [0.717, 1.165) is 5.56 Å². The minimum atomic E-state index is -3.78. The minimum absolute atomic E-state index is 0.189. The topological polar surface area (TPSA) is 63.2 Å². The molecule has 6 heteroatoms. The first-order valence-corrected chi connectivity index (χ1v) is 10.1. The van der Waals surface area contributed by atoms with E-state index in [1.807, 2.05) is 6.92 Å². The van der Waals surface area contributed by atoms with Gasteiger partial charge in [0.15, 0.2) is 14.6 Å². The van der Waals surface area contributed by atoms with Crippen molar-refractivity contribution in [2.24, 2.45) is 0 Å². The van der Waals surface area contributed by atoms with Crippen LogP contribution >= 0.6 is 11.6 Å². The van der Waals surface area contributed by atoms with Crippen LogP contribution in [0.25, 0.3) is 0 Å². The van der Waals surface area contributed by atoms with Crippen LogP contribution < -0.4 is 5.32 Å². The lowest BCUT2D eigenvalue weighted by atomic mass is 10.1. The van der Waals surface area contributed by atoms with E-state index in [0.29, 0.717) is 36.4 Å². The smallest absolute Gasteiger partial charge is 0.246 e. The average molecular weight is 378 g/mol. The molecule has 0 heterocycles. The Labute approximate surface area is 153 Å². The molecule has 0 aromatic heterocycles. The number of carbonyl (C=O) groups is 1. The number of anilines is 1. The van der Waals surface area contributed by atoms with Gasteiger partial charge in [-0.05, 0) is 49.6 Å². The molecule has 1 N–H and O–H groups in total. The van der Waals surface area contributed by atoms with E-state index < -0.39 is 20.5 Å². The number of hydrogen-bond acceptors (Lipinski definition) is 3. The second-order valence-corrected chi connectivity index (χ2v) is 9.10. The zero-order valence-corrected chi connectivity index (χ0v) is 15.5. The Balaban J connectivity index is 1.97. The largest absolute Gasteiger partial charge is 0.325 e. The van der Waals surface area contributed by atoms with Gasteiger partial charge in [0.1, 0.15) is 0 Å². The molecule has 1 fully saturated rings. The molecular formula is C19H20ClNO3S. The van der Waals surface area contributed by atoms with Crippen LogP contribution in [-0.2, 0) is 14.6 Å². The molecule has 0 unspecified atom stereocenters.